The van der Waals surface area contributed by atoms with Crippen molar-refractivity contribution in [3.05, 3.63) is 40.6 Å². The maximum Gasteiger partial charge on any atom is 0.137 e. The molecule has 0 aliphatic heterocycles. The van der Waals surface area contributed by atoms with Gasteiger partial charge in [-0.3, -0.25) is 0 Å². The van der Waals surface area contributed by atoms with Gasteiger partial charge in [-0.1, -0.05) is 47.3 Å². The number of hydrogen-bond donors (Lipinski definition) is 1. The van der Waals surface area contributed by atoms with Gasteiger partial charge in [-0.25, -0.2) is 4.98 Å². The van der Waals surface area contributed by atoms with Crippen LogP contribution in [0.4, 0.5) is 0 Å². The number of nitrogens with one attached hydrogen (secondary N) is 1. The van der Waals surface area contributed by atoms with E-state index in [-0.39, 0.29) is 0 Å². The molecule has 94 valence electrons. The highest BCUT2D eigenvalue weighted by atomic mass is 79.9. The molecule has 1 aliphatic carbocycles. The molecule has 0 spiro atoms. The fraction of sp³-hybridized carbons (Fsp3) is 0.400. The van der Waals surface area contributed by atoms with Gasteiger partial charge in [0, 0.05) is 27.8 Å². The average Bonchev–Trinajstić information content (AvgIpc) is 2.90. The highest BCUT2D eigenvalue weighted by Crippen LogP contribution is 2.32. The van der Waals surface area contributed by atoms with Gasteiger partial charge in [0.1, 0.15) is 5.82 Å². The summed E-state index contributed by atoms with van der Waals surface area (Å²) in [6.45, 7) is 0. The lowest BCUT2D eigenvalue weighted by molar-refractivity contribution is 0.438. The van der Waals surface area contributed by atoms with Crippen molar-refractivity contribution < 1.29 is 0 Å². The van der Waals surface area contributed by atoms with Gasteiger partial charge < -0.3 is 4.98 Å². The number of imidazole rings is 1. The number of nitrogens with zero attached hydrogens (tertiary/aromatic N) is 1. The van der Waals surface area contributed by atoms with Crippen molar-refractivity contribution in [2.45, 2.75) is 38.0 Å². The van der Waals surface area contributed by atoms with E-state index in [1.54, 1.807) is 0 Å². The summed E-state index contributed by atoms with van der Waals surface area (Å²) in [5, 5.41) is 0. The summed E-state index contributed by atoms with van der Waals surface area (Å²) in [5.41, 5.74) is 2.47. The highest BCUT2D eigenvalue weighted by Gasteiger charge is 2.17. The molecule has 3 heteroatoms. The molecule has 2 aromatic rings. The largest absolute Gasteiger partial charge is 0.342 e. The first-order valence-corrected chi connectivity index (χ1v) is 7.43. The first kappa shape index (κ1) is 12.0. The van der Waals surface area contributed by atoms with Crippen LogP contribution in [0.15, 0.2) is 34.9 Å². The molecular formula is C15H17BrN2. The zero-order valence-electron chi connectivity index (χ0n) is 10.3. The molecule has 2 nitrogen and oxygen atoms in total. The molecule has 0 radical (unpaired) electrons. The summed E-state index contributed by atoms with van der Waals surface area (Å²) in [6.07, 6.45) is 8.75. The van der Waals surface area contributed by atoms with Gasteiger partial charge in [-0.15, -0.1) is 0 Å². The summed E-state index contributed by atoms with van der Waals surface area (Å²) in [5.74, 6) is 1.68. The Morgan fingerprint density at radius 3 is 2.50 bits per heavy atom. The van der Waals surface area contributed by atoms with E-state index in [0.29, 0.717) is 5.92 Å². The fourth-order valence-electron chi connectivity index (χ4n) is 2.71. The second-order valence-electron chi connectivity index (χ2n) is 5.03. The van der Waals surface area contributed by atoms with Gasteiger partial charge in [-0.05, 0) is 25.0 Å². The van der Waals surface area contributed by atoms with E-state index in [2.05, 4.69) is 50.2 Å². The van der Waals surface area contributed by atoms with Gasteiger partial charge in [0.15, 0.2) is 0 Å². The molecule has 0 amide bonds. The Labute approximate surface area is 116 Å². The van der Waals surface area contributed by atoms with Crippen LogP contribution >= 0.6 is 15.9 Å². The maximum atomic E-state index is 4.52. The van der Waals surface area contributed by atoms with Crippen molar-refractivity contribution in [2.75, 3.05) is 0 Å². The molecule has 0 unspecified atom stereocenters. The fourth-order valence-corrected chi connectivity index (χ4v) is 2.98. The number of benzene rings is 1. The van der Waals surface area contributed by atoms with Crippen molar-refractivity contribution >= 4 is 15.9 Å². The third-order valence-electron chi connectivity index (χ3n) is 3.76. The van der Waals surface area contributed by atoms with Crippen molar-refractivity contribution in [3.63, 3.8) is 0 Å². The molecule has 1 aromatic carbocycles. The number of halogens is 1. The number of H-pyrrole nitrogens is 1. The minimum absolute atomic E-state index is 0.690. The van der Waals surface area contributed by atoms with E-state index in [9.17, 15) is 0 Å². The second kappa shape index (κ2) is 5.27. The minimum Gasteiger partial charge on any atom is -0.342 e. The van der Waals surface area contributed by atoms with E-state index in [1.165, 1.54) is 37.8 Å². The lowest BCUT2D eigenvalue weighted by Gasteiger charge is -2.19. The molecule has 18 heavy (non-hydrogen) atoms. The van der Waals surface area contributed by atoms with Crippen LogP contribution in [0.25, 0.3) is 11.4 Å². The van der Waals surface area contributed by atoms with Gasteiger partial charge in [0.25, 0.3) is 0 Å². The Morgan fingerprint density at radius 2 is 1.78 bits per heavy atom. The summed E-state index contributed by atoms with van der Waals surface area (Å²) >= 11 is 3.46. The van der Waals surface area contributed by atoms with Gasteiger partial charge >= 0.3 is 0 Å². The Hall–Kier alpha value is -1.09. The molecule has 0 saturated heterocycles. The topological polar surface area (TPSA) is 28.7 Å². The van der Waals surface area contributed by atoms with Crippen molar-refractivity contribution in [1.82, 2.24) is 9.97 Å². The van der Waals surface area contributed by atoms with Crippen LogP contribution < -0.4 is 0 Å². The maximum absolute atomic E-state index is 4.52. The number of aromatic nitrogens is 2. The molecule has 1 fully saturated rings. The van der Waals surface area contributed by atoms with Crippen LogP contribution in [0, 0.1) is 0 Å². The third kappa shape index (κ3) is 2.51. The summed E-state index contributed by atoms with van der Waals surface area (Å²) in [6, 6.07) is 8.29. The molecular weight excluding hydrogens is 288 g/mol. The van der Waals surface area contributed by atoms with E-state index in [0.717, 1.165) is 15.9 Å². The lowest BCUT2D eigenvalue weighted by Crippen LogP contribution is -2.04. The van der Waals surface area contributed by atoms with Crippen LogP contribution in [-0.2, 0) is 0 Å². The normalized spacial score (nSPS) is 16.9. The molecule has 1 saturated carbocycles. The molecule has 1 heterocycles. The molecule has 0 bridgehead atoms. The van der Waals surface area contributed by atoms with Crippen LogP contribution in [-0.4, -0.2) is 9.97 Å². The quantitative estimate of drug-likeness (QED) is 0.841. The first-order valence-electron chi connectivity index (χ1n) is 6.64. The van der Waals surface area contributed by atoms with Crippen molar-refractivity contribution in [1.29, 1.82) is 0 Å². The van der Waals surface area contributed by atoms with E-state index < -0.39 is 0 Å². The Morgan fingerprint density at radius 1 is 1.06 bits per heavy atom. The van der Waals surface area contributed by atoms with E-state index in [4.69, 9.17) is 0 Å². The van der Waals surface area contributed by atoms with E-state index in [1.807, 2.05) is 6.20 Å². The van der Waals surface area contributed by atoms with Crippen molar-refractivity contribution in [2.24, 2.45) is 0 Å². The summed E-state index contributed by atoms with van der Waals surface area (Å²) in [4.78, 5) is 8.01. The van der Waals surface area contributed by atoms with Crippen molar-refractivity contribution in [3.8, 4) is 11.4 Å². The zero-order chi connectivity index (χ0) is 12.4. The first-order chi connectivity index (χ1) is 8.83. The number of rotatable bonds is 2. The molecule has 1 aromatic heterocycles. The molecule has 0 atom stereocenters. The third-order valence-corrected chi connectivity index (χ3v) is 4.29. The van der Waals surface area contributed by atoms with Crippen LogP contribution in [0.5, 0.6) is 0 Å². The highest BCUT2D eigenvalue weighted by molar-refractivity contribution is 9.10. The van der Waals surface area contributed by atoms with Crippen LogP contribution in [0.3, 0.4) is 0 Å². The van der Waals surface area contributed by atoms with Crippen LogP contribution in [0.2, 0.25) is 0 Å². The molecule has 3 rings (SSSR count). The number of hydrogen-bond acceptors (Lipinski definition) is 1. The van der Waals surface area contributed by atoms with Crippen LogP contribution in [0.1, 0.15) is 43.7 Å². The van der Waals surface area contributed by atoms with Gasteiger partial charge in [0.05, 0.1) is 0 Å². The Kier molecular flexibility index (Phi) is 3.50. The second-order valence-corrected chi connectivity index (χ2v) is 5.94. The lowest BCUT2D eigenvalue weighted by atomic mass is 9.87. The average molecular weight is 305 g/mol. The number of aromatic amines is 1. The minimum atomic E-state index is 0.690. The van der Waals surface area contributed by atoms with Gasteiger partial charge in [-0.2, -0.15) is 0 Å². The molecule has 1 aliphatic rings. The predicted octanol–water partition coefficient (Wildman–Crippen LogP) is 4.89. The summed E-state index contributed by atoms with van der Waals surface area (Å²) in [7, 11) is 0. The Bertz CT molecular complexity index is 510. The SMILES string of the molecule is Brc1ccc(-c2ncc(C3CCCCC3)[nH]2)cc1. The van der Waals surface area contributed by atoms with E-state index >= 15 is 0 Å². The predicted molar refractivity (Wildman–Crippen MR) is 77.5 cm³/mol. The van der Waals surface area contributed by atoms with Gasteiger partial charge in [0.2, 0.25) is 0 Å². The zero-order valence-corrected chi connectivity index (χ0v) is 11.9. The Balaban J connectivity index is 1.82. The summed E-state index contributed by atoms with van der Waals surface area (Å²) < 4.78 is 1.10. The smallest absolute Gasteiger partial charge is 0.137 e. The monoisotopic (exact) mass is 304 g/mol. The standard InChI is InChI=1S/C15H17BrN2/c16-13-8-6-12(7-9-13)15-17-10-14(18-15)11-4-2-1-3-5-11/h6-11H,1-5H2,(H,17,18). The molecule has 1 N–H and O–H groups in total.